The van der Waals surface area contributed by atoms with Gasteiger partial charge < -0.3 is 10.3 Å². The number of hydrogen-bond donors (Lipinski definition) is 2. The molecule has 1 spiro atoms. The van der Waals surface area contributed by atoms with Gasteiger partial charge in [0.25, 0.3) is 0 Å². The first-order valence-electron chi connectivity index (χ1n) is 12.9. The number of aromatic nitrogens is 2. The minimum absolute atomic E-state index is 0. The van der Waals surface area contributed by atoms with Gasteiger partial charge in [-0.25, -0.2) is 18.4 Å². The van der Waals surface area contributed by atoms with Crippen LogP contribution in [0.5, 0.6) is 0 Å². The molecule has 0 amide bonds. The van der Waals surface area contributed by atoms with Gasteiger partial charge in [-0.2, -0.15) is 0 Å². The number of H-pyrrole nitrogens is 1. The van der Waals surface area contributed by atoms with E-state index >= 15 is 0 Å². The summed E-state index contributed by atoms with van der Waals surface area (Å²) in [6.45, 7) is 1.17. The number of imidazole rings is 1. The number of piperidine rings is 1. The van der Waals surface area contributed by atoms with Crippen LogP contribution in [0.3, 0.4) is 0 Å². The second kappa shape index (κ2) is 11.0. The maximum Gasteiger partial charge on any atom is 0.152 e. The number of halogens is 1. The molecular formula is C30H32ClN5O2S. The Morgan fingerprint density at radius 1 is 1.05 bits per heavy atom. The van der Waals surface area contributed by atoms with Crippen molar-refractivity contribution in [3.8, 4) is 0 Å². The van der Waals surface area contributed by atoms with Crippen LogP contribution in [-0.4, -0.2) is 58.6 Å². The van der Waals surface area contributed by atoms with Crippen molar-refractivity contribution < 1.29 is 8.42 Å². The Kier molecular flexibility index (Phi) is 7.62. The van der Waals surface area contributed by atoms with E-state index in [1.165, 1.54) is 6.26 Å². The van der Waals surface area contributed by atoms with Crippen LogP contribution < -0.4 is 5.32 Å². The summed E-state index contributed by atoms with van der Waals surface area (Å²) in [5.74, 6) is -0.134. The molecule has 3 unspecified atom stereocenters. The maximum absolute atomic E-state index is 13.6. The summed E-state index contributed by atoms with van der Waals surface area (Å²) in [5, 5.41) is 2.96. The van der Waals surface area contributed by atoms with Crippen molar-refractivity contribution in [2.24, 2.45) is 10.9 Å². The third-order valence-electron chi connectivity index (χ3n) is 7.83. The molecule has 1 aromatic heterocycles. The summed E-state index contributed by atoms with van der Waals surface area (Å²) in [5.41, 5.74) is 3.91. The quantitative estimate of drug-likeness (QED) is 0.471. The van der Waals surface area contributed by atoms with E-state index < -0.39 is 26.7 Å². The first-order chi connectivity index (χ1) is 18.4. The van der Waals surface area contributed by atoms with E-state index in [1.54, 1.807) is 6.33 Å². The van der Waals surface area contributed by atoms with Gasteiger partial charge in [-0.05, 0) is 24.0 Å². The third kappa shape index (κ3) is 5.12. The van der Waals surface area contributed by atoms with E-state index in [9.17, 15) is 8.42 Å². The van der Waals surface area contributed by atoms with E-state index in [2.05, 4.69) is 38.4 Å². The first kappa shape index (κ1) is 27.1. The van der Waals surface area contributed by atoms with Crippen molar-refractivity contribution in [2.75, 3.05) is 12.8 Å². The highest BCUT2D eigenvalue weighted by atomic mass is 35.5. The van der Waals surface area contributed by atoms with Crippen molar-refractivity contribution in [3.05, 3.63) is 121 Å². The van der Waals surface area contributed by atoms with Gasteiger partial charge in [-0.15, -0.1) is 12.4 Å². The number of benzene rings is 2. The predicted octanol–water partition coefficient (Wildman–Crippen LogP) is 4.20. The summed E-state index contributed by atoms with van der Waals surface area (Å²) in [4.78, 5) is 15.0. The van der Waals surface area contributed by atoms with Crippen LogP contribution in [0.4, 0.5) is 0 Å². The highest BCUT2D eigenvalue weighted by Crippen LogP contribution is 2.42. The molecule has 202 valence electrons. The number of aromatic amines is 1. The SMILES string of the molecule is CS(=O)(=O)C1C2NC=C(c3ccccc3)N=C3C=CC=CC32N(Cc2cnc[nH]2)C[C@@H]1Cc1ccccc1.Cl. The Bertz CT molecular complexity index is 1520. The van der Waals surface area contributed by atoms with Crippen molar-refractivity contribution in [2.45, 2.75) is 29.8 Å². The minimum Gasteiger partial charge on any atom is -0.382 e. The van der Waals surface area contributed by atoms with Crippen LogP contribution in [-0.2, 0) is 22.8 Å². The number of rotatable bonds is 6. The molecular weight excluding hydrogens is 530 g/mol. The fourth-order valence-electron chi connectivity index (χ4n) is 6.26. The Morgan fingerprint density at radius 2 is 1.79 bits per heavy atom. The molecule has 6 rings (SSSR count). The highest BCUT2D eigenvalue weighted by molar-refractivity contribution is 7.91. The lowest BCUT2D eigenvalue weighted by atomic mass is 9.71. The summed E-state index contributed by atoms with van der Waals surface area (Å²) in [6.07, 6.45) is 15.6. The van der Waals surface area contributed by atoms with Gasteiger partial charge in [0.2, 0.25) is 0 Å². The molecule has 1 aliphatic carbocycles. The Morgan fingerprint density at radius 3 is 2.49 bits per heavy atom. The normalized spacial score (nSPS) is 26.2. The van der Waals surface area contributed by atoms with E-state index in [0.29, 0.717) is 19.5 Å². The number of aliphatic imine (C=N–C) groups is 1. The lowest BCUT2D eigenvalue weighted by Gasteiger charge is -2.55. The predicted molar refractivity (Wildman–Crippen MR) is 158 cm³/mol. The van der Waals surface area contributed by atoms with Gasteiger partial charge in [0.1, 0.15) is 5.54 Å². The van der Waals surface area contributed by atoms with E-state index in [1.807, 2.05) is 79.2 Å². The molecule has 3 aromatic rings. The molecule has 0 radical (unpaired) electrons. The molecule has 0 saturated carbocycles. The third-order valence-corrected chi connectivity index (χ3v) is 9.48. The smallest absolute Gasteiger partial charge is 0.152 e. The monoisotopic (exact) mass is 561 g/mol. The van der Waals surface area contributed by atoms with E-state index in [-0.39, 0.29) is 18.3 Å². The summed E-state index contributed by atoms with van der Waals surface area (Å²) < 4.78 is 27.2. The Labute approximate surface area is 235 Å². The van der Waals surface area contributed by atoms with Gasteiger partial charge in [0.15, 0.2) is 9.84 Å². The largest absolute Gasteiger partial charge is 0.382 e. The van der Waals surface area contributed by atoms with Crippen LogP contribution >= 0.6 is 12.4 Å². The van der Waals surface area contributed by atoms with E-state index in [4.69, 9.17) is 4.99 Å². The number of likely N-dealkylation sites (tertiary alicyclic amines) is 1. The topological polar surface area (TPSA) is 90.4 Å². The number of allylic oxidation sites excluding steroid dienone is 2. The number of hydrogen-bond acceptors (Lipinski definition) is 6. The average Bonchev–Trinajstić information content (AvgIpc) is 3.36. The maximum atomic E-state index is 13.6. The molecule has 1 fully saturated rings. The standard InChI is InChI=1S/C30H31N5O2S.ClH/c1-38(36,37)28-24(16-22-10-4-2-5-11-22)19-35(20-25-17-31-21-33-25)30-15-9-8-14-27(30)34-26(18-32-29(28)30)23-12-6-3-7-13-23;/h2-15,17-18,21,24,28-29,32H,16,19-20H2,1H3,(H,31,33);1H/t24-,28?,29?,30?;/m0./s1. The van der Waals surface area contributed by atoms with E-state index in [0.717, 1.165) is 28.2 Å². The molecule has 2 aromatic carbocycles. The number of nitrogens with zero attached hydrogens (tertiary/aromatic N) is 3. The second-order valence-electron chi connectivity index (χ2n) is 10.3. The number of sulfone groups is 1. The van der Waals surface area contributed by atoms with Crippen LogP contribution in [0.15, 0.2) is 109 Å². The molecule has 3 aliphatic rings. The molecule has 9 heteroatoms. The Hall–Kier alpha value is -3.46. The van der Waals surface area contributed by atoms with Gasteiger partial charge >= 0.3 is 0 Å². The molecule has 0 bridgehead atoms. The van der Waals surface area contributed by atoms with Gasteiger partial charge in [-0.3, -0.25) is 4.90 Å². The molecule has 7 nitrogen and oxygen atoms in total. The second-order valence-corrected chi connectivity index (χ2v) is 12.5. The van der Waals surface area contributed by atoms with Crippen LogP contribution in [0.2, 0.25) is 0 Å². The minimum atomic E-state index is -3.46. The van der Waals surface area contributed by atoms with Gasteiger partial charge in [0, 0.05) is 43.0 Å². The summed E-state index contributed by atoms with van der Waals surface area (Å²) >= 11 is 0. The highest BCUT2D eigenvalue weighted by Gasteiger charge is 2.58. The van der Waals surface area contributed by atoms with Crippen LogP contribution in [0.1, 0.15) is 16.8 Å². The lowest BCUT2D eigenvalue weighted by Crippen LogP contribution is -2.74. The zero-order valence-corrected chi connectivity index (χ0v) is 23.3. The molecule has 2 aliphatic heterocycles. The van der Waals surface area contributed by atoms with Crippen molar-refractivity contribution in [3.63, 3.8) is 0 Å². The van der Waals surface area contributed by atoms with Crippen molar-refractivity contribution in [1.29, 1.82) is 0 Å². The molecule has 39 heavy (non-hydrogen) atoms. The molecule has 3 heterocycles. The Balaban J connectivity index is 0.00000308. The van der Waals surface area contributed by atoms with Crippen molar-refractivity contribution in [1.82, 2.24) is 20.2 Å². The van der Waals surface area contributed by atoms with Crippen LogP contribution in [0, 0.1) is 5.92 Å². The zero-order valence-electron chi connectivity index (χ0n) is 21.6. The average molecular weight is 562 g/mol. The van der Waals surface area contributed by atoms with Gasteiger partial charge in [-0.1, -0.05) is 78.9 Å². The van der Waals surface area contributed by atoms with Crippen LogP contribution in [0.25, 0.3) is 5.70 Å². The zero-order chi connectivity index (χ0) is 26.2. The summed E-state index contributed by atoms with van der Waals surface area (Å²) in [6, 6.07) is 19.7. The fraction of sp³-hybridized carbons (Fsp3) is 0.267. The molecule has 2 N–H and O–H groups in total. The molecule has 4 atom stereocenters. The van der Waals surface area contributed by atoms with Crippen molar-refractivity contribution >= 4 is 33.7 Å². The summed E-state index contributed by atoms with van der Waals surface area (Å²) in [7, 11) is -3.46. The number of nitrogens with one attached hydrogen (secondary N) is 2. The fourth-order valence-corrected chi connectivity index (χ4v) is 7.92. The lowest BCUT2D eigenvalue weighted by molar-refractivity contribution is 0.0656. The first-order valence-corrected chi connectivity index (χ1v) is 14.8. The van der Waals surface area contributed by atoms with Gasteiger partial charge in [0.05, 0.1) is 29.0 Å². The molecule has 1 saturated heterocycles.